The van der Waals surface area contributed by atoms with Gasteiger partial charge in [-0.15, -0.1) is 0 Å². The van der Waals surface area contributed by atoms with E-state index in [1.165, 1.54) is 0 Å². The predicted octanol–water partition coefficient (Wildman–Crippen LogP) is 1.34. The number of nitrogens with one attached hydrogen (secondary N) is 1. The van der Waals surface area contributed by atoms with Gasteiger partial charge in [0.1, 0.15) is 12.4 Å². The van der Waals surface area contributed by atoms with Crippen LogP contribution in [0.5, 0.6) is 0 Å². The zero-order chi connectivity index (χ0) is 12.3. The van der Waals surface area contributed by atoms with Gasteiger partial charge in [0.05, 0.1) is 11.3 Å². The largest absolute Gasteiger partial charge is 0.478 e. The Morgan fingerprint density at radius 2 is 2.19 bits per heavy atom. The van der Waals surface area contributed by atoms with Crippen molar-refractivity contribution in [3.05, 3.63) is 17.8 Å². The number of nitrogens with zero attached hydrogens (tertiary/aromatic N) is 1. The second kappa shape index (κ2) is 4.25. The highest BCUT2D eigenvalue weighted by atomic mass is 19.4. The number of halogens is 3. The number of aromatic carboxylic acids is 1. The highest BCUT2D eigenvalue weighted by Crippen LogP contribution is 2.20. The Kier molecular flexibility index (Phi) is 3.21. The minimum Gasteiger partial charge on any atom is -0.478 e. The third-order valence-electron chi connectivity index (χ3n) is 1.62. The summed E-state index contributed by atoms with van der Waals surface area (Å²) in [5, 5.41) is 10.5. The van der Waals surface area contributed by atoms with Crippen LogP contribution in [0.2, 0.25) is 0 Å². The molecule has 0 radical (unpaired) electrons. The maximum Gasteiger partial charge on any atom is 0.405 e. The van der Waals surface area contributed by atoms with Gasteiger partial charge in [0.2, 0.25) is 0 Å². The molecule has 8 heteroatoms. The van der Waals surface area contributed by atoms with Crippen molar-refractivity contribution in [3.8, 4) is 0 Å². The lowest BCUT2D eigenvalue weighted by Gasteiger charge is -2.10. The van der Waals surface area contributed by atoms with Gasteiger partial charge in [0, 0.05) is 6.20 Å². The van der Waals surface area contributed by atoms with Crippen LogP contribution in [0, 0.1) is 0 Å². The average Bonchev–Trinajstić information content (AvgIpc) is 2.14. The molecule has 0 saturated carbocycles. The van der Waals surface area contributed by atoms with Crippen LogP contribution in [-0.4, -0.2) is 28.8 Å². The van der Waals surface area contributed by atoms with Crippen molar-refractivity contribution in [3.63, 3.8) is 0 Å². The Morgan fingerprint density at radius 3 is 2.62 bits per heavy atom. The first-order chi connectivity index (χ1) is 7.29. The predicted molar refractivity (Wildman–Crippen MR) is 50.2 cm³/mol. The quantitative estimate of drug-likeness (QED) is 0.735. The molecular weight excluding hydrogens is 227 g/mol. The summed E-state index contributed by atoms with van der Waals surface area (Å²) in [6.45, 7) is -1.28. The molecule has 0 aromatic carbocycles. The highest BCUT2D eigenvalue weighted by Gasteiger charge is 2.27. The maximum absolute atomic E-state index is 11.9. The molecule has 4 N–H and O–H groups in total. The van der Waals surface area contributed by atoms with Crippen molar-refractivity contribution in [2.24, 2.45) is 0 Å². The van der Waals surface area contributed by atoms with E-state index in [2.05, 4.69) is 4.98 Å². The van der Waals surface area contributed by atoms with Crippen LogP contribution in [0.25, 0.3) is 0 Å². The van der Waals surface area contributed by atoms with Gasteiger partial charge in [-0.2, -0.15) is 13.2 Å². The van der Waals surface area contributed by atoms with Crippen LogP contribution in [0.4, 0.5) is 24.7 Å². The van der Waals surface area contributed by atoms with Crippen LogP contribution in [0.3, 0.4) is 0 Å². The van der Waals surface area contributed by atoms with Gasteiger partial charge < -0.3 is 16.2 Å². The summed E-state index contributed by atoms with van der Waals surface area (Å²) in [5.41, 5.74) is 5.00. The summed E-state index contributed by atoms with van der Waals surface area (Å²) < 4.78 is 35.6. The fraction of sp³-hybridized carbons (Fsp3) is 0.250. The van der Waals surface area contributed by atoms with E-state index in [0.717, 1.165) is 12.3 Å². The zero-order valence-electron chi connectivity index (χ0n) is 7.88. The van der Waals surface area contributed by atoms with Crippen LogP contribution in [0.15, 0.2) is 12.3 Å². The molecule has 0 aliphatic heterocycles. The van der Waals surface area contributed by atoms with Gasteiger partial charge in [-0.3, -0.25) is 0 Å². The van der Waals surface area contributed by atoms with Crippen molar-refractivity contribution in [1.29, 1.82) is 0 Å². The molecule has 0 spiro atoms. The normalized spacial score (nSPS) is 11.2. The number of pyridine rings is 1. The van der Waals surface area contributed by atoms with Gasteiger partial charge in [0.15, 0.2) is 0 Å². The molecule has 0 atom stereocenters. The van der Waals surface area contributed by atoms with Gasteiger partial charge in [-0.1, -0.05) is 0 Å². The van der Waals surface area contributed by atoms with Crippen molar-refractivity contribution >= 4 is 17.5 Å². The highest BCUT2D eigenvalue weighted by molar-refractivity contribution is 5.89. The lowest BCUT2D eigenvalue weighted by molar-refractivity contribution is -0.115. The Hall–Kier alpha value is -1.99. The lowest BCUT2D eigenvalue weighted by atomic mass is 10.2. The van der Waals surface area contributed by atoms with E-state index in [1.54, 1.807) is 0 Å². The molecular formula is C8H8F3N3O2. The Balaban J connectivity index is 2.80. The van der Waals surface area contributed by atoms with E-state index in [0.29, 0.717) is 0 Å². The second-order valence-electron chi connectivity index (χ2n) is 2.94. The summed E-state index contributed by atoms with van der Waals surface area (Å²) in [5.74, 6) is -1.44. The molecule has 0 aliphatic carbocycles. The van der Waals surface area contributed by atoms with Gasteiger partial charge in [-0.05, 0) is 6.07 Å². The number of carboxylic acids is 1. The topological polar surface area (TPSA) is 88.2 Å². The summed E-state index contributed by atoms with van der Waals surface area (Å²) in [6, 6.07) is 1.04. The number of carbonyl (C=O) groups is 1. The molecule has 5 nitrogen and oxygen atoms in total. The number of carboxylic acid groups (broad SMARTS) is 1. The third-order valence-corrected chi connectivity index (χ3v) is 1.62. The fourth-order valence-corrected chi connectivity index (χ4v) is 0.930. The number of aromatic nitrogens is 1. The standard InChI is InChI=1S/C8H8F3N3O2/c9-8(10,11)3-14-6-5(12)1-4(2-13-6)7(15)16/h1-2H,3,12H2,(H,13,14)(H,15,16). The van der Waals surface area contributed by atoms with E-state index < -0.39 is 18.7 Å². The monoisotopic (exact) mass is 235 g/mol. The second-order valence-corrected chi connectivity index (χ2v) is 2.94. The van der Waals surface area contributed by atoms with Gasteiger partial charge in [-0.25, -0.2) is 9.78 Å². The van der Waals surface area contributed by atoms with E-state index >= 15 is 0 Å². The molecule has 88 valence electrons. The molecule has 1 heterocycles. The fourth-order valence-electron chi connectivity index (χ4n) is 0.930. The van der Waals surface area contributed by atoms with Crippen molar-refractivity contribution in [2.75, 3.05) is 17.6 Å². The first-order valence-electron chi connectivity index (χ1n) is 4.09. The minimum atomic E-state index is -4.39. The summed E-state index contributed by atoms with van der Waals surface area (Å²) in [6.07, 6.45) is -3.46. The van der Waals surface area contributed by atoms with Gasteiger partial charge >= 0.3 is 12.1 Å². The number of alkyl halides is 3. The first kappa shape index (κ1) is 12.1. The molecule has 0 unspecified atom stereocenters. The van der Waals surface area contributed by atoms with Crippen molar-refractivity contribution in [2.45, 2.75) is 6.18 Å². The molecule has 1 aromatic rings. The molecule has 0 saturated heterocycles. The number of hydrogen-bond donors (Lipinski definition) is 3. The number of hydrogen-bond acceptors (Lipinski definition) is 4. The van der Waals surface area contributed by atoms with Gasteiger partial charge in [0.25, 0.3) is 0 Å². The average molecular weight is 235 g/mol. The summed E-state index contributed by atoms with van der Waals surface area (Å²) in [7, 11) is 0. The number of nitrogen functional groups attached to an aromatic ring is 1. The van der Waals surface area contributed by atoms with Crippen LogP contribution in [-0.2, 0) is 0 Å². The molecule has 1 aromatic heterocycles. The smallest absolute Gasteiger partial charge is 0.405 e. The molecule has 0 bridgehead atoms. The summed E-state index contributed by atoms with van der Waals surface area (Å²) in [4.78, 5) is 14.0. The SMILES string of the molecule is Nc1cc(C(=O)O)cnc1NCC(F)(F)F. The third kappa shape index (κ3) is 3.30. The van der Waals surface area contributed by atoms with E-state index in [-0.39, 0.29) is 17.1 Å². The van der Waals surface area contributed by atoms with E-state index in [4.69, 9.17) is 10.8 Å². The van der Waals surface area contributed by atoms with Crippen LogP contribution in [0.1, 0.15) is 10.4 Å². The Bertz CT molecular complexity index is 406. The number of nitrogens with two attached hydrogens (primary N) is 1. The van der Waals surface area contributed by atoms with Crippen molar-refractivity contribution in [1.82, 2.24) is 4.98 Å². The Labute approximate surface area is 88.1 Å². The summed E-state index contributed by atoms with van der Waals surface area (Å²) >= 11 is 0. The van der Waals surface area contributed by atoms with Crippen LogP contribution < -0.4 is 11.1 Å². The molecule has 0 aliphatic rings. The maximum atomic E-state index is 11.9. The number of rotatable bonds is 3. The molecule has 0 fully saturated rings. The Morgan fingerprint density at radius 1 is 1.56 bits per heavy atom. The van der Waals surface area contributed by atoms with Crippen LogP contribution >= 0.6 is 0 Å². The molecule has 0 amide bonds. The molecule has 1 rings (SSSR count). The first-order valence-corrected chi connectivity index (χ1v) is 4.09. The molecule has 16 heavy (non-hydrogen) atoms. The zero-order valence-corrected chi connectivity index (χ0v) is 7.88. The minimum absolute atomic E-state index is 0.149. The lowest BCUT2D eigenvalue weighted by Crippen LogP contribution is -2.22. The van der Waals surface area contributed by atoms with Crippen molar-refractivity contribution < 1.29 is 23.1 Å². The van der Waals surface area contributed by atoms with E-state index in [1.807, 2.05) is 5.32 Å². The number of anilines is 2. The van der Waals surface area contributed by atoms with E-state index in [9.17, 15) is 18.0 Å².